The van der Waals surface area contributed by atoms with Gasteiger partial charge in [0.25, 0.3) is 5.56 Å². The van der Waals surface area contributed by atoms with Crippen molar-refractivity contribution in [2.75, 3.05) is 11.4 Å². The van der Waals surface area contributed by atoms with Gasteiger partial charge in [0.05, 0.1) is 22.5 Å². The summed E-state index contributed by atoms with van der Waals surface area (Å²) in [6.45, 7) is 1.05. The van der Waals surface area contributed by atoms with Crippen LogP contribution in [0.3, 0.4) is 0 Å². The average molecular weight is 420 g/mol. The van der Waals surface area contributed by atoms with Crippen LogP contribution < -0.4 is 10.5 Å². The summed E-state index contributed by atoms with van der Waals surface area (Å²) in [4.78, 5) is 28.2. The number of hydrogen-bond donors (Lipinski definition) is 0. The van der Waals surface area contributed by atoms with Crippen molar-refractivity contribution in [3.05, 3.63) is 69.9 Å². The third-order valence-electron chi connectivity index (χ3n) is 6.70. The van der Waals surface area contributed by atoms with Crippen LogP contribution in [0.2, 0.25) is 5.02 Å². The van der Waals surface area contributed by atoms with Crippen molar-refractivity contribution in [2.45, 2.75) is 18.0 Å². The minimum Gasteiger partial charge on any atom is -0.352 e. The zero-order valence-electron chi connectivity index (χ0n) is 15.5. The van der Waals surface area contributed by atoms with Crippen LogP contribution >= 0.6 is 11.6 Å². The van der Waals surface area contributed by atoms with Crippen molar-refractivity contribution in [1.82, 2.24) is 29.9 Å². The fraction of sp³-hybridized carbons (Fsp3) is 0.300. The van der Waals surface area contributed by atoms with E-state index in [1.165, 1.54) is 4.68 Å². The van der Waals surface area contributed by atoms with E-state index in [4.69, 9.17) is 16.1 Å². The Morgan fingerprint density at radius 2 is 2.20 bits per heavy atom. The number of hydrogen-bond acceptors (Lipinski definition) is 8. The van der Waals surface area contributed by atoms with E-state index in [2.05, 4.69) is 30.1 Å². The van der Waals surface area contributed by atoms with Crippen LogP contribution in [-0.4, -0.2) is 42.5 Å². The summed E-state index contributed by atoms with van der Waals surface area (Å²) < 4.78 is 6.81. The van der Waals surface area contributed by atoms with Crippen molar-refractivity contribution in [3.8, 4) is 0 Å². The Hall–Kier alpha value is -3.33. The van der Waals surface area contributed by atoms with Crippen LogP contribution in [-0.2, 0) is 12.0 Å². The van der Waals surface area contributed by atoms with Gasteiger partial charge in [-0.3, -0.25) is 9.78 Å². The number of fused-ring (bicyclic) bond motifs is 2. The molecule has 30 heavy (non-hydrogen) atoms. The molecule has 10 heteroatoms. The quantitative estimate of drug-likeness (QED) is 0.492. The minimum atomic E-state index is -0.229. The topological polar surface area (TPSA) is 103 Å². The van der Waals surface area contributed by atoms with Crippen LogP contribution in [0.1, 0.15) is 11.7 Å². The predicted octanol–water partition coefficient (Wildman–Crippen LogP) is 1.66. The highest BCUT2D eigenvalue weighted by Crippen LogP contribution is 2.85. The SMILES string of the molecule is O=c1c2cccnc2cnn1Cc1nc([C@@]23C4[C@H]2[C@H]3CN4c2cc(Cl)ccn2)no1. The van der Waals surface area contributed by atoms with Crippen molar-refractivity contribution >= 4 is 28.3 Å². The van der Waals surface area contributed by atoms with Crippen LogP contribution in [0.5, 0.6) is 0 Å². The molecule has 6 heterocycles. The molecule has 4 atom stereocenters. The van der Waals surface area contributed by atoms with Gasteiger partial charge in [0.2, 0.25) is 5.89 Å². The molecule has 2 aliphatic carbocycles. The molecule has 2 bridgehead atoms. The Labute approximate surface area is 174 Å². The van der Waals surface area contributed by atoms with Crippen molar-refractivity contribution in [1.29, 1.82) is 0 Å². The van der Waals surface area contributed by atoms with Crippen molar-refractivity contribution < 1.29 is 4.52 Å². The number of halogens is 1. The molecule has 2 aliphatic heterocycles. The maximum absolute atomic E-state index is 12.6. The number of anilines is 1. The molecule has 4 aromatic rings. The Morgan fingerprint density at radius 3 is 3.07 bits per heavy atom. The molecule has 9 nitrogen and oxygen atoms in total. The number of nitrogens with zero attached hydrogens (tertiary/aromatic N) is 7. The smallest absolute Gasteiger partial charge is 0.276 e. The minimum absolute atomic E-state index is 0.0442. The van der Waals surface area contributed by atoms with E-state index in [-0.39, 0.29) is 17.5 Å². The van der Waals surface area contributed by atoms with E-state index < -0.39 is 0 Å². The third kappa shape index (κ3) is 1.97. The molecule has 4 aliphatic rings. The van der Waals surface area contributed by atoms with Gasteiger partial charge in [0, 0.05) is 35.9 Å². The largest absolute Gasteiger partial charge is 0.352 e. The van der Waals surface area contributed by atoms with Crippen LogP contribution in [0.25, 0.3) is 10.9 Å². The Bertz CT molecular complexity index is 1400. The predicted molar refractivity (Wildman–Crippen MR) is 106 cm³/mol. The Balaban J connectivity index is 1.16. The molecule has 0 radical (unpaired) electrons. The highest BCUT2D eigenvalue weighted by molar-refractivity contribution is 6.30. The van der Waals surface area contributed by atoms with Gasteiger partial charge in [0.1, 0.15) is 12.4 Å². The fourth-order valence-corrected chi connectivity index (χ4v) is 5.43. The lowest BCUT2D eigenvalue weighted by Crippen LogP contribution is -2.24. The second-order valence-electron chi connectivity index (χ2n) is 8.05. The van der Waals surface area contributed by atoms with Gasteiger partial charge >= 0.3 is 0 Å². The second kappa shape index (κ2) is 5.42. The van der Waals surface area contributed by atoms with Crippen LogP contribution in [0, 0.1) is 11.8 Å². The van der Waals surface area contributed by atoms with Gasteiger partial charge in [-0.25, -0.2) is 9.67 Å². The molecule has 4 fully saturated rings. The summed E-state index contributed by atoms with van der Waals surface area (Å²) in [5.74, 6) is 3.04. The summed E-state index contributed by atoms with van der Waals surface area (Å²) in [5.41, 5.74) is 0.290. The van der Waals surface area contributed by atoms with Crippen molar-refractivity contribution in [2.24, 2.45) is 11.8 Å². The van der Waals surface area contributed by atoms with Crippen LogP contribution in [0.4, 0.5) is 5.82 Å². The van der Waals surface area contributed by atoms with E-state index >= 15 is 0 Å². The number of piperidine rings is 1. The normalized spacial score (nSPS) is 28.0. The molecule has 8 rings (SSSR count). The molecule has 0 spiro atoms. The highest BCUT2D eigenvalue weighted by atomic mass is 35.5. The lowest BCUT2D eigenvalue weighted by molar-refractivity contribution is 0.356. The Morgan fingerprint density at radius 1 is 1.27 bits per heavy atom. The summed E-state index contributed by atoms with van der Waals surface area (Å²) in [6, 6.07) is 7.47. The molecular weight excluding hydrogens is 406 g/mol. The van der Waals surface area contributed by atoms with E-state index in [1.807, 2.05) is 6.07 Å². The first-order valence-corrected chi connectivity index (χ1v) is 10.1. The van der Waals surface area contributed by atoms with Gasteiger partial charge < -0.3 is 9.42 Å². The number of rotatable bonds is 4. The standard InChI is InChI=1S/C20H14ClN7O2/c21-10-3-5-23-14(6-10)27-8-12-16-17(27)20(12,16)19-25-15(30-26-19)9-28-18(29)11-2-1-4-22-13(11)7-24-28/h1-7,12,16-17H,8-9H2/t12-,16-,17?,20-/m1/s1. The first kappa shape index (κ1) is 16.5. The van der Waals surface area contributed by atoms with Crippen molar-refractivity contribution in [3.63, 3.8) is 0 Å². The maximum atomic E-state index is 12.6. The average Bonchev–Trinajstić information content (AvgIpc) is 3.31. The van der Waals surface area contributed by atoms with Gasteiger partial charge in [0.15, 0.2) is 5.82 Å². The summed E-state index contributed by atoms with van der Waals surface area (Å²) in [7, 11) is 0. The molecule has 148 valence electrons. The van der Waals surface area contributed by atoms with E-state index in [0.717, 1.165) is 18.2 Å². The second-order valence-corrected chi connectivity index (χ2v) is 8.49. The van der Waals surface area contributed by atoms with Gasteiger partial charge in [-0.1, -0.05) is 16.8 Å². The van der Waals surface area contributed by atoms with E-state index in [0.29, 0.717) is 39.7 Å². The third-order valence-corrected chi connectivity index (χ3v) is 6.94. The first-order valence-electron chi connectivity index (χ1n) is 9.70. The van der Waals surface area contributed by atoms with E-state index in [9.17, 15) is 4.79 Å². The molecule has 0 amide bonds. The monoisotopic (exact) mass is 419 g/mol. The van der Waals surface area contributed by atoms with Gasteiger partial charge in [-0.05, 0) is 30.2 Å². The fourth-order valence-electron chi connectivity index (χ4n) is 5.28. The zero-order chi connectivity index (χ0) is 20.0. The number of aromatic nitrogens is 6. The highest BCUT2D eigenvalue weighted by Gasteiger charge is 2.95. The summed E-state index contributed by atoms with van der Waals surface area (Å²) >= 11 is 6.13. The summed E-state index contributed by atoms with van der Waals surface area (Å²) in [6.07, 6.45) is 4.93. The molecule has 0 aromatic carbocycles. The molecule has 1 unspecified atom stereocenters. The van der Waals surface area contributed by atoms with E-state index in [1.54, 1.807) is 36.8 Å². The molecule has 0 N–H and O–H groups in total. The summed E-state index contributed by atoms with van der Waals surface area (Å²) in [5, 5.41) is 9.63. The first-order chi connectivity index (χ1) is 14.7. The lowest BCUT2D eigenvalue weighted by Gasteiger charge is -2.17. The lowest BCUT2D eigenvalue weighted by atomic mass is 10.1. The number of pyridine rings is 2. The maximum Gasteiger partial charge on any atom is 0.276 e. The van der Waals surface area contributed by atoms with Gasteiger partial charge in [-0.2, -0.15) is 10.1 Å². The van der Waals surface area contributed by atoms with Gasteiger partial charge in [-0.15, -0.1) is 0 Å². The Kier molecular flexibility index (Phi) is 2.98. The molecule has 2 saturated carbocycles. The molecular formula is C20H14ClN7O2. The molecule has 4 aromatic heterocycles. The zero-order valence-corrected chi connectivity index (χ0v) is 16.3. The molecule has 2 saturated heterocycles. The van der Waals surface area contributed by atoms with Crippen LogP contribution in [0.15, 0.2) is 52.2 Å².